The van der Waals surface area contributed by atoms with Gasteiger partial charge in [-0.3, -0.25) is 0 Å². The molecule has 0 atom stereocenters. The van der Waals surface area contributed by atoms with Gasteiger partial charge < -0.3 is 10.6 Å². The van der Waals surface area contributed by atoms with Crippen molar-refractivity contribution in [2.24, 2.45) is 10.7 Å². The maximum atomic E-state index is 5.70. The number of nitrogens with zero attached hydrogens (tertiary/aromatic N) is 2. The van der Waals surface area contributed by atoms with Gasteiger partial charge in [-0.15, -0.1) is 0 Å². The minimum Gasteiger partial charge on any atom is -0.399 e. The SMILES string of the molecule is C=C/C=N\C1=C(N)CCN1C. The number of hydrogen-bond donors (Lipinski definition) is 1. The van der Waals surface area contributed by atoms with Crippen LogP contribution in [0.4, 0.5) is 0 Å². The van der Waals surface area contributed by atoms with Crippen LogP contribution in [0.25, 0.3) is 0 Å². The first kappa shape index (κ1) is 7.85. The lowest BCUT2D eigenvalue weighted by atomic mass is 10.4. The molecular weight excluding hydrogens is 138 g/mol. The molecule has 0 radical (unpaired) electrons. The van der Waals surface area contributed by atoms with E-state index in [4.69, 9.17) is 5.73 Å². The molecule has 0 aromatic rings. The van der Waals surface area contributed by atoms with E-state index < -0.39 is 0 Å². The summed E-state index contributed by atoms with van der Waals surface area (Å²) in [6.45, 7) is 4.51. The number of hydrogen-bond acceptors (Lipinski definition) is 3. The van der Waals surface area contributed by atoms with Crippen molar-refractivity contribution in [3.8, 4) is 0 Å². The first-order valence-electron chi connectivity index (χ1n) is 3.60. The second-order valence-electron chi connectivity index (χ2n) is 2.53. The Morgan fingerprint density at radius 1 is 1.73 bits per heavy atom. The summed E-state index contributed by atoms with van der Waals surface area (Å²) in [4.78, 5) is 6.18. The van der Waals surface area contributed by atoms with Crippen LogP contribution >= 0.6 is 0 Å². The Hall–Kier alpha value is -1.25. The van der Waals surface area contributed by atoms with Crippen LogP contribution in [0.1, 0.15) is 6.42 Å². The van der Waals surface area contributed by atoms with Crippen molar-refractivity contribution >= 4 is 6.21 Å². The summed E-state index contributed by atoms with van der Waals surface area (Å²) in [6, 6.07) is 0. The third kappa shape index (κ3) is 1.61. The predicted octanol–water partition coefficient (Wildman–Crippen LogP) is 0.707. The minimum atomic E-state index is 0.866. The van der Waals surface area contributed by atoms with Crippen molar-refractivity contribution in [2.45, 2.75) is 6.42 Å². The van der Waals surface area contributed by atoms with Gasteiger partial charge in [-0.1, -0.05) is 12.7 Å². The Labute approximate surface area is 66.9 Å². The quantitative estimate of drug-likeness (QED) is 0.590. The zero-order valence-electron chi connectivity index (χ0n) is 6.75. The molecule has 0 aliphatic carbocycles. The summed E-state index contributed by atoms with van der Waals surface area (Å²) in [5, 5.41) is 0. The molecule has 0 fully saturated rings. The molecule has 11 heavy (non-hydrogen) atoms. The van der Waals surface area contributed by atoms with Gasteiger partial charge in [-0.05, 0) is 0 Å². The van der Waals surface area contributed by atoms with E-state index in [1.54, 1.807) is 12.3 Å². The largest absolute Gasteiger partial charge is 0.399 e. The molecule has 0 bridgehead atoms. The van der Waals surface area contributed by atoms with Crippen molar-refractivity contribution in [3.63, 3.8) is 0 Å². The molecule has 0 saturated carbocycles. The van der Waals surface area contributed by atoms with Crippen molar-refractivity contribution in [3.05, 3.63) is 24.2 Å². The highest BCUT2D eigenvalue weighted by Gasteiger charge is 2.14. The average molecular weight is 151 g/mol. The lowest BCUT2D eigenvalue weighted by Crippen LogP contribution is -2.11. The minimum absolute atomic E-state index is 0.866. The average Bonchev–Trinajstić information content (AvgIpc) is 2.29. The van der Waals surface area contributed by atoms with E-state index in [0.29, 0.717) is 0 Å². The van der Waals surface area contributed by atoms with E-state index in [0.717, 1.165) is 24.5 Å². The molecule has 0 aromatic carbocycles. The van der Waals surface area contributed by atoms with Crippen LogP contribution in [0.3, 0.4) is 0 Å². The summed E-state index contributed by atoms with van der Waals surface area (Å²) in [6.07, 6.45) is 4.22. The van der Waals surface area contributed by atoms with E-state index in [9.17, 15) is 0 Å². The fourth-order valence-corrected chi connectivity index (χ4v) is 1.06. The van der Waals surface area contributed by atoms with Gasteiger partial charge in [-0.2, -0.15) is 0 Å². The van der Waals surface area contributed by atoms with E-state index in [1.165, 1.54) is 0 Å². The summed E-state index contributed by atoms with van der Waals surface area (Å²) in [5.41, 5.74) is 6.57. The molecule has 0 aromatic heterocycles. The molecule has 3 nitrogen and oxygen atoms in total. The van der Waals surface area contributed by atoms with E-state index in [-0.39, 0.29) is 0 Å². The molecule has 1 aliphatic rings. The monoisotopic (exact) mass is 151 g/mol. The third-order valence-electron chi connectivity index (χ3n) is 1.67. The van der Waals surface area contributed by atoms with E-state index >= 15 is 0 Å². The summed E-state index contributed by atoms with van der Waals surface area (Å²) in [5.74, 6) is 0.880. The number of nitrogens with two attached hydrogens (primary N) is 1. The van der Waals surface area contributed by atoms with Crippen LogP contribution in [-0.4, -0.2) is 24.7 Å². The zero-order valence-corrected chi connectivity index (χ0v) is 6.75. The molecule has 1 heterocycles. The Morgan fingerprint density at radius 2 is 2.45 bits per heavy atom. The topological polar surface area (TPSA) is 41.6 Å². The summed E-state index contributed by atoms with van der Waals surface area (Å²) in [7, 11) is 1.98. The van der Waals surface area contributed by atoms with Crippen LogP contribution in [0.15, 0.2) is 29.2 Å². The number of rotatable bonds is 2. The van der Waals surface area contributed by atoms with Crippen molar-refractivity contribution in [1.29, 1.82) is 0 Å². The van der Waals surface area contributed by atoms with Gasteiger partial charge in [0.15, 0.2) is 0 Å². The first-order chi connectivity index (χ1) is 5.25. The van der Waals surface area contributed by atoms with Crippen LogP contribution in [0.2, 0.25) is 0 Å². The zero-order chi connectivity index (χ0) is 8.27. The normalized spacial score (nSPS) is 18.5. The van der Waals surface area contributed by atoms with Crippen LogP contribution in [0.5, 0.6) is 0 Å². The highest BCUT2D eigenvalue weighted by atomic mass is 15.2. The number of allylic oxidation sites excluding steroid dienone is 1. The van der Waals surface area contributed by atoms with Gasteiger partial charge in [0, 0.05) is 26.2 Å². The smallest absolute Gasteiger partial charge is 0.147 e. The molecule has 0 saturated heterocycles. The van der Waals surface area contributed by atoms with Crippen LogP contribution < -0.4 is 5.73 Å². The molecular formula is C8H13N3. The molecule has 60 valence electrons. The Kier molecular flexibility index (Phi) is 2.31. The lowest BCUT2D eigenvalue weighted by Gasteiger charge is -2.10. The van der Waals surface area contributed by atoms with Gasteiger partial charge in [-0.25, -0.2) is 4.99 Å². The Bertz CT molecular complexity index is 215. The Balaban J connectivity index is 2.74. The molecule has 0 unspecified atom stereocenters. The second kappa shape index (κ2) is 3.23. The van der Waals surface area contributed by atoms with Gasteiger partial charge in [0.25, 0.3) is 0 Å². The molecule has 1 rings (SSSR count). The van der Waals surface area contributed by atoms with E-state index in [2.05, 4.69) is 11.6 Å². The third-order valence-corrected chi connectivity index (χ3v) is 1.67. The van der Waals surface area contributed by atoms with Gasteiger partial charge in [0.2, 0.25) is 0 Å². The highest BCUT2D eigenvalue weighted by molar-refractivity contribution is 5.71. The second-order valence-corrected chi connectivity index (χ2v) is 2.53. The fraction of sp³-hybridized carbons (Fsp3) is 0.375. The Morgan fingerprint density at radius 3 is 2.91 bits per heavy atom. The fourth-order valence-electron chi connectivity index (χ4n) is 1.06. The molecule has 2 N–H and O–H groups in total. The first-order valence-corrected chi connectivity index (χ1v) is 3.60. The lowest BCUT2D eigenvalue weighted by molar-refractivity contribution is 0.455. The summed E-state index contributed by atoms with van der Waals surface area (Å²) >= 11 is 0. The molecule has 0 spiro atoms. The molecule has 0 amide bonds. The standard InChI is InChI=1S/C8H13N3/c1-3-5-10-8-7(9)4-6-11(8)2/h3,5H,1,4,6,9H2,2H3/b10-5-. The predicted molar refractivity (Wildman–Crippen MR) is 47.1 cm³/mol. The van der Waals surface area contributed by atoms with Gasteiger partial charge >= 0.3 is 0 Å². The van der Waals surface area contributed by atoms with Gasteiger partial charge in [0.05, 0.1) is 5.70 Å². The maximum Gasteiger partial charge on any atom is 0.147 e. The van der Waals surface area contributed by atoms with Crippen molar-refractivity contribution < 1.29 is 0 Å². The van der Waals surface area contributed by atoms with Crippen molar-refractivity contribution in [1.82, 2.24) is 4.90 Å². The van der Waals surface area contributed by atoms with Gasteiger partial charge in [0.1, 0.15) is 5.82 Å². The van der Waals surface area contributed by atoms with Crippen LogP contribution in [-0.2, 0) is 0 Å². The van der Waals surface area contributed by atoms with Crippen molar-refractivity contribution in [2.75, 3.05) is 13.6 Å². The number of aliphatic imine (C=N–C) groups is 1. The summed E-state index contributed by atoms with van der Waals surface area (Å²) < 4.78 is 0. The molecule has 3 heteroatoms. The highest BCUT2D eigenvalue weighted by Crippen LogP contribution is 2.17. The van der Waals surface area contributed by atoms with Crippen LogP contribution in [0, 0.1) is 0 Å². The molecule has 1 aliphatic heterocycles. The maximum absolute atomic E-state index is 5.70. The van der Waals surface area contributed by atoms with E-state index in [1.807, 2.05) is 11.9 Å².